The van der Waals surface area contributed by atoms with Gasteiger partial charge in [0.2, 0.25) is 0 Å². The number of carbonyl (C=O) groups is 2. The first-order chi connectivity index (χ1) is 15.0. The summed E-state index contributed by atoms with van der Waals surface area (Å²) in [6, 6.07) is 10.2. The Hall–Kier alpha value is -2.47. The number of benzene rings is 1. The van der Waals surface area contributed by atoms with Crippen molar-refractivity contribution in [2.45, 2.75) is 64.8 Å². The Kier molecular flexibility index (Phi) is 6.56. The standard InChI is InChI=1S/C25H30N2O3S/c1-3-19(4-2)27-22-10-9-17(23(28)14-18(25(29)30)12-16-7-8-16)13-21(22)26-24(27)15-20-6-5-11-31-20/h5-6,9-11,13,16,18-19H,3-4,7-8,12,14-15H2,1-2H3,(H,29,30)/t18-/m1/s1. The average Bonchev–Trinajstić information content (AvgIpc) is 3.29. The Morgan fingerprint density at radius 1 is 1.23 bits per heavy atom. The average molecular weight is 439 g/mol. The molecule has 0 spiro atoms. The molecule has 1 aliphatic carbocycles. The van der Waals surface area contributed by atoms with Gasteiger partial charge in [-0.3, -0.25) is 9.59 Å². The first-order valence-corrected chi connectivity index (χ1v) is 12.2. The van der Waals surface area contributed by atoms with Crippen LogP contribution >= 0.6 is 11.3 Å². The zero-order chi connectivity index (χ0) is 22.0. The number of thiophene rings is 1. The monoisotopic (exact) mass is 438 g/mol. The topological polar surface area (TPSA) is 72.2 Å². The van der Waals surface area contributed by atoms with Crippen LogP contribution in [0.3, 0.4) is 0 Å². The Morgan fingerprint density at radius 3 is 2.61 bits per heavy atom. The van der Waals surface area contributed by atoms with E-state index in [0.29, 0.717) is 23.9 Å². The fraction of sp³-hybridized carbons (Fsp3) is 0.480. The summed E-state index contributed by atoms with van der Waals surface area (Å²) >= 11 is 1.73. The van der Waals surface area contributed by atoms with Crippen molar-refractivity contribution < 1.29 is 14.7 Å². The third-order valence-corrected chi connectivity index (χ3v) is 7.28. The molecule has 2 aromatic heterocycles. The molecule has 0 aliphatic heterocycles. The van der Waals surface area contributed by atoms with Gasteiger partial charge in [0.1, 0.15) is 5.82 Å². The second-order valence-corrected chi connectivity index (χ2v) is 9.70. The van der Waals surface area contributed by atoms with Crippen LogP contribution in [0.4, 0.5) is 0 Å². The van der Waals surface area contributed by atoms with Crippen molar-refractivity contribution in [1.82, 2.24) is 9.55 Å². The number of carboxylic acids is 1. The molecule has 0 saturated heterocycles. The van der Waals surface area contributed by atoms with Crippen LogP contribution in [0, 0.1) is 11.8 Å². The van der Waals surface area contributed by atoms with E-state index in [1.54, 1.807) is 11.3 Å². The summed E-state index contributed by atoms with van der Waals surface area (Å²) in [5.74, 6) is -0.0589. The van der Waals surface area contributed by atoms with E-state index in [0.717, 1.165) is 49.0 Å². The van der Waals surface area contributed by atoms with Gasteiger partial charge in [-0.1, -0.05) is 32.8 Å². The molecule has 1 N–H and O–H groups in total. The molecule has 1 aromatic carbocycles. The molecular formula is C25H30N2O3S. The lowest BCUT2D eigenvalue weighted by molar-refractivity contribution is -0.142. The van der Waals surface area contributed by atoms with E-state index in [4.69, 9.17) is 4.98 Å². The summed E-state index contributed by atoms with van der Waals surface area (Å²) in [7, 11) is 0. The van der Waals surface area contributed by atoms with Crippen molar-refractivity contribution in [2.24, 2.45) is 11.8 Å². The number of Topliss-reactive ketones (excluding diaryl/α,β-unsaturated/α-hetero) is 1. The smallest absolute Gasteiger partial charge is 0.306 e. The molecule has 1 atom stereocenters. The predicted octanol–water partition coefficient (Wildman–Crippen LogP) is 6.12. The van der Waals surface area contributed by atoms with Gasteiger partial charge in [-0.05, 0) is 54.8 Å². The number of nitrogens with zero attached hydrogens (tertiary/aromatic N) is 2. The van der Waals surface area contributed by atoms with Gasteiger partial charge in [0.15, 0.2) is 5.78 Å². The Balaban J connectivity index is 1.64. The van der Waals surface area contributed by atoms with Gasteiger partial charge in [0.05, 0.1) is 17.0 Å². The molecule has 1 saturated carbocycles. The minimum Gasteiger partial charge on any atom is -0.481 e. The number of imidazole rings is 1. The number of ketones is 1. The minimum absolute atomic E-state index is 0.0621. The van der Waals surface area contributed by atoms with Gasteiger partial charge in [-0.2, -0.15) is 0 Å². The Morgan fingerprint density at radius 2 is 2.00 bits per heavy atom. The zero-order valence-electron chi connectivity index (χ0n) is 18.2. The van der Waals surface area contributed by atoms with Crippen LogP contribution in [-0.4, -0.2) is 26.4 Å². The van der Waals surface area contributed by atoms with Crippen molar-refractivity contribution >= 4 is 34.1 Å². The second kappa shape index (κ2) is 9.35. The first-order valence-electron chi connectivity index (χ1n) is 11.3. The molecule has 164 valence electrons. The van der Waals surface area contributed by atoms with Crippen LogP contribution in [0.1, 0.15) is 79.5 Å². The highest BCUT2D eigenvalue weighted by Crippen LogP contribution is 2.37. The molecule has 0 unspecified atom stereocenters. The van der Waals surface area contributed by atoms with E-state index < -0.39 is 11.9 Å². The predicted molar refractivity (Wildman–Crippen MR) is 124 cm³/mol. The molecule has 31 heavy (non-hydrogen) atoms. The molecular weight excluding hydrogens is 408 g/mol. The Bertz CT molecular complexity index is 1060. The van der Waals surface area contributed by atoms with Gasteiger partial charge < -0.3 is 9.67 Å². The number of aliphatic carboxylic acids is 1. The number of hydrogen-bond acceptors (Lipinski definition) is 4. The second-order valence-electron chi connectivity index (χ2n) is 8.67. The van der Waals surface area contributed by atoms with Crippen LogP contribution in [0.25, 0.3) is 11.0 Å². The van der Waals surface area contributed by atoms with E-state index >= 15 is 0 Å². The Labute approximate surface area is 187 Å². The molecule has 2 heterocycles. The van der Waals surface area contributed by atoms with E-state index in [1.165, 1.54) is 4.88 Å². The summed E-state index contributed by atoms with van der Waals surface area (Å²) < 4.78 is 2.33. The highest BCUT2D eigenvalue weighted by Gasteiger charge is 2.31. The van der Waals surface area contributed by atoms with E-state index in [9.17, 15) is 14.7 Å². The molecule has 0 radical (unpaired) electrons. The quantitative estimate of drug-likeness (QED) is 0.366. The van der Waals surface area contributed by atoms with Crippen LogP contribution in [-0.2, 0) is 11.2 Å². The lowest BCUT2D eigenvalue weighted by Gasteiger charge is -2.19. The van der Waals surface area contributed by atoms with Crippen molar-refractivity contribution in [3.8, 4) is 0 Å². The maximum Gasteiger partial charge on any atom is 0.306 e. The third-order valence-electron chi connectivity index (χ3n) is 6.40. The normalized spacial score (nSPS) is 14.9. The molecule has 6 heteroatoms. The summed E-state index contributed by atoms with van der Waals surface area (Å²) in [6.07, 6.45) is 5.65. The lowest BCUT2D eigenvalue weighted by atomic mass is 9.93. The first kappa shape index (κ1) is 21.8. The summed E-state index contributed by atoms with van der Waals surface area (Å²) in [5, 5.41) is 11.6. The van der Waals surface area contributed by atoms with Crippen molar-refractivity contribution in [1.29, 1.82) is 0 Å². The van der Waals surface area contributed by atoms with Crippen LogP contribution in [0.5, 0.6) is 0 Å². The van der Waals surface area contributed by atoms with Gasteiger partial charge in [0.25, 0.3) is 0 Å². The molecule has 1 fully saturated rings. The van der Waals surface area contributed by atoms with Crippen LogP contribution in [0.2, 0.25) is 0 Å². The van der Waals surface area contributed by atoms with Gasteiger partial charge in [-0.15, -0.1) is 11.3 Å². The van der Waals surface area contributed by atoms with Crippen molar-refractivity contribution in [2.75, 3.05) is 0 Å². The largest absolute Gasteiger partial charge is 0.481 e. The number of fused-ring (bicyclic) bond motifs is 1. The van der Waals surface area contributed by atoms with E-state index in [1.807, 2.05) is 18.2 Å². The fourth-order valence-electron chi connectivity index (χ4n) is 4.45. The zero-order valence-corrected chi connectivity index (χ0v) is 19.0. The number of carbonyl (C=O) groups excluding carboxylic acids is 1. The highest BCUT2D eigenvalue weighted by molar-refractivity contribution is 7.09. The number of carboxylic acid groups (broad SMARTS) is 1. The maximum atomic E-state index is 12.9. The van der Waals surface area contributed by atoms with Gasteiger partial charge in [-0.25, -0.2) is 4.98 Å². The highest BCUT2D eigenvalue weighted by atomic mass is 32.1. The third kappa shape index (κ3) is 4.90. The van der Waals surface area contributed by atoms with Crippen LogP contribution in [0.15, 0.2) is 35.7 Å². The molecule has 4 rings (SSSR count). The minimum atomic E-state index is -0.863. The maximum absolute atomic E-state index is 12.9. The van der Waals surface area contributed by atoms with Crippen molar-refractivity contribution in [3.05, 3.63) is 52.0 Å². The lowest BCUT2D eigenvalue weighted by Crippen LogP contribution is -2.18. The number of hydrogen-bond donors (Lipinski definition) is 1. The van der Waals surface area contributed by atoms with Crippen molar-refractivity contribution in [3.63, 3.8) is 0 Å². The fourth-order valence-corrected chi connectivity index (χ4v) is 5.15. The number of aromatic nitrogens is 2. The summed E-state index contributed by atoms with van der Waals surface area (Å²) in [4.78, 5) is 30.7. The van der Waals surface area contributed by atoms with Gasteiger partial charge >= 0.3 is 5.97 Å². The molecule has 1 aliphatic rings. The molecule has 3 aromatic rings. The van der Waals surface area contributed by atoms with E-state index in [2.05, 4.69) is 35.9 Å². The van der Waals surface area contributed by atoms with E-state index in [-0.39, 0.29) is 12.2 Å². The summed E-state index contributed by atoms with van der Waals surface area (Å²) in [6.45, 7) is 4.39. The van der Waals surface area contributed by atoms with Crippen LogP contribution < -0.4 is 0 Å². The summed E-state index contributed by atoms with van der Waals surface area (Å²) in [5.41, 5.74) is 2.43. The SMILES string of the molecule is CCC(CC)n1c(Cc2cccs2)nc2cc(C(=O)C[C@@H](CC3CC3)C(=O)O)ccc21. The molecule has 5 nitrogen and oxygen atoms in total. The number of rotatable bonds is 11. The molecule has 0 bridgehead atoms. The van der Waals surface area contributed by atoms with Gasteiger partial charge in [0, 0.05) is 29.3 Å². The molecule has 0 amide bonds.